The summed E-state index contributed by atoms with van der Waals surface area (Å²) in [5.74, 6) is 1.79. The number of hydrogen-bond acceptors (Lipinski definition) is 5. The molecule has 0 aliphatic heterocycles. The Hall–Kier alpha value is -6.46. The van der Waals surface area contributed by atoms with Gasteiger partial charge in [-0.3, -0.25) is 4.98 Å². The molecule has 5 nitrogen and oxygen atoms in total. The second kappa shape index (κ2) is 11.2. The fraction of sp³-hybridized carbons (Fsp3) is 0. The average molecular weight is 603 g/mol. The SMILES string of the molecule is c1ccc(-c2ccc(-c3nc(-c4ccccc4)nc(-c4ccc(-c5ccccc5)c5oc6cc7cccnc7cc6c45)n3)cc2)cc1. The Morgan fingerprint density at radius 1 is 0.426 bits per heavy atom. The number of aromatic nitrogens is 4. The van der Waals surface area contributed by atoms with Crippen LogP contribution in [-0.2, 0) is 0 Å². The molecule has 0 radical (unpaired) electrons. The summed E-state index contributed by atoms with van der Waals surface area (Å²) in [5, 5.41) is 2.94. The van der Waals surface area contributed by atoms with Crippen molar-refractivity contribution >= 4 is 32.8 Å². The first kappa shape index (κ1) is 26.9. The van der Waals surface area contributed by atoms with Gasteiger partial charge in [0.05, 0.1) is 5.52 Å². The molecule has 6 aromatic carbocycles. The van der Waals surface area contributed by atoms with Gasteiger partial charge >= 0.3 is 0 Å². The van der Waals surface area contributed by atoms with Crippen LogP contribution >= 0.6 is 0 Å². The highest BCUT2D eigenvalue weighted by Crippen LogP contribution is 2.42. The molecule has 0 atom stereocenters. The maximum atomic E-state index is 6.69. The van der Waals surface area contributed by atoms with Crippen LogP contribution in [0.4, 0.5) is 0 Å². The van der Waals surface area contributed by atoms with Gasteiger partial charge in [-0.25, -0.2) is 15.0 Å². The second-order valence-electron chi connectivity index (χ2n) is 11.5. The predicted molar refractivity (Wildman–Crippen MR) is 190 cm³/mol. The molecule has 0 unspecified atom stereocenters. The lowest BCUT2D eigenvalue weighted by atomic mass is 9.97. The van der Waals surface area contributed by atoms with Gasteiger partial charge in [0.25, 0.3) is 0 Å². The van der Waals surface area contributed by atoms with Gasteiger partial charge in [0, 0.05) is 44.6 Å². The quantitative estimate of drug-likeness (QED) is 0.196. The van der Waals surface area contributed by atoms with Crippen LogP contribution in [-0.4, -0.2) is 19.9 Å². The molecule has 0 bridgehead atoms. The Labute approximate surface area is 270 Å². The van der Waals surface area contributed by atoms with Crippen LogP contribution in [0.1, 0.15) is 0 Å². The lowest BCUT2D eigenvalue weighted by molar-refractivity contribution is 0.670. The van der Waals surface area contributed by atoms with E-state index < -0.39 is 0 Å². The first-order valence-corrected chi connectivity index (χ1v) is 15.6. The van der Waals surface area contributed by atoms with E-state index in [1.165, 1.54) is 0 Å². The molecule has 0 spiro atoms. The van der Waals surface area contributed by atoms with Gasteiger partial charge in [0.15, 0.2) is 17.5 Å². The maximum Gasteiger partial charge on any atom is 0.164 e. The number of benzene rings is 6. The molecule has 3 heterocycles. The summed E-state index contributed by atoms with van der Waals surface area (Å²) in [5.41, 5.74) is 9.56. The molecule has 9 rings (SSSR count). The van der Waals surface area contributed by atoms with Crippen LogP contribution < -0.4 is 0 Å². The highest BCUT2D eigenvalue weighted by atomic mass is 16.3. The summed E-state index contributed by atoms with van der Waals surface area (Å²) in [6.07, 6.45) is 1.82. The van der Waals surface area contributed by atoms with Gasteiger partial charge in [-0.1, -0.05) is 121 Å². The Bertz CT molecular complexity index is 2540. The molecule has 0 saturated carbocycles. The summed E-state index contributed by atoms with van der Waals surface area (Å²) in [7, 11) is 0. The summed E-state index contributed by atoms with van der Waals surface area (Å²) >= 11 is 0. The number of nitrogens with zero attached hydrogens (tertiary/aromatic N) is 4. The molecular weight excluding hydrogens is 576 g/mol. The maximum absolute atomic E-state index is 6.69. The number of pyridine rings is 1. The van der Waals surface area contributed by atoms with E-state index in [0.29, 0.717) is 17.5 Å². The van der Waals surface area contributed by atoms with Gasteiger partial charge in [-0.15, -0.1) is 0 Å². The van der Waals surface area contributed by atoms with Crippen molar-refractivity contribution in [1.29, 1.82) is 0 Å². The minimum Gasteiger partial charge on any atom is -0.455 e. The summed E-state index contributed by atoms with van der Waals surface area (Å²) in [6.45, 7) is 0. The van der Waals surface area contributed by atoms with E-state index in [2.05, 4.69) is 96.0 Å². The predicted octanol–water partition coefficient (Wildman–Crippen LogP) is 10.7. The fourth-order valence-electron chi connectivity index (χ4n) is 6.26. The smallest absolute Gasteiger partial charge is 0.164 e. The molecule has 9 aromatic rings. The van der Waals surface area contributed by atoms with Crippen molar-refractivity contribution in [1.82, 2.24) is 19.9 Å². The van der Waals surface area contributed by atoms with Crippen LogP contribution in [0.25, 0.3) is 89.3 Å². The fourth-order valence-corrected chi connectivity index (χ4v) is 6.26. The summed E-state index contributed by atoms with van der Waals surface area (Å²) < 4.78 is 6.69. The summed E-state index contributed by atoms with van der Waals surface area (Å²) in [4.78, 5) is 19.8. The van der Waals surface area contributed by atoms with E-state index in [-0.39, 0.29) is 0 Å². The second-order valence-corrected chi connectivity index (χ2v) is 11.5. The van der Waals surface area contributed by atoms with Gasteiger partial charge in [-0.05, 0) is 47.0 Å². The molecule has 0 aliphatic rings. The molecule has 0 saturated heterocycles. The lowest BCUT2D eigenvalue weighted by Crippen LogP contribution is -2.00. The van der Waals surface area contributed by atoms with Gasteiger partial charge in [0.1, 0.15) is 11.2 Å². The Morgan fingerprint density at radius 3 is 1.68 bits per heavy atom. The van der Waals surface area contributed by atoms with Crippen LogP contribution in [0.5, 0.6) is 0 Å². The zero-order chi connectivity index (χ0) is 31.2. The highest BCUT2D eigenvalue weighted by molar-refractivity contribution is 6.18. The minimum absolute atomic E-state index is 0.578. The van der Waals surface area contributed by atoms with E-state index >= 15 is 0 Å². The number of hydrogen-bond donors (Lipinski definition) is 0. The minimum atomic E-state index is 0.578. The largest absolute Gasteiger partial charge is 0.455 e. The van der Waals surface area contributed by atoms with Crippen LogP contribution in [0, 0.1) is 0 Å². The average Bonchev–Trinajstić information content (AvgIpc) is 3.53. The Balaban J connectivity index is 1.30. The molecule has 0 amide bonds. The molecular formula is C42H26N4O. The summed E-state index contributed by atoms with van der Waals surface area (Å²) in [6, 6.07) is 51.5. The van der Waals surface area contributed by atoms with Crippen LogP contribution in [0.2, 0.25) is 0 Å². The van der Waals surface area contributed by atoms with Crippen molar-refractivity contribution < 1.29 is 4.42 Å². The molecule has 0 fully saturated rings. The Kier molecular flexibility index (Phi) is 6.39. The van der Waals surface area contributed by atoms with Crippen LogP contribution in [0.15, 0.2) is 162 Å². The van der Waals surface area contributed by atoms with Crippen molar-refractivity contribution in [3.8, 4) is 56.4 Å². The van der Waals surface area contributed by atoms with Gasteiger partial charge in [0.2, 0.25) is 0 Å². The van der Waals surface area contributed by atoms with Crippen molar-refractivity contribution in [3.63, 3.8) is 0 Å². The topological polar surface area (TPSA) is 64.7 Å². The van der Waals surface area contributed by atoms with E-state index in [9.17, 15) is 0 Å². The van der Waals surface area contributed by atoms with E-state index in [1.54, 1.807) is 0 Å². The first-order valence-electron chi connectivity index (χ1n) is 15.6. The lowest BCUT2D eigenvalue weighted by Gasteiger charge is -2.11. The number of fused-ring (bicyclic) bond motifs is 4. The molecule has 0 N–H and O–H groups in total. The van der Waals surface area contributed by atoms with E-state index in [0.717, 1.165) is 71.8 Å². The molecule has 47 heavy (non-hydrogen) atoms. The van der Waals surface area contributed by atoms with E-state index in [4.69, 9.17) is 19.4 Å². The van der Waals surface area contributed by atoms with Crippen molar-refractivity contribution in [3.05, 3.63) is 158 Å². The number of furan rings is 1. The highest BCUT2D eigenvalue weighted by Gasteiger charge is 2.21. The first-order chi connectivity index (χ1) is 23.3. The normalized spacial score (nSPS) is 11.4. The van der Waals surface area contributed by atoms with Gasteiger partial charge < -0.3 is 4.42 Å². The van der Waals surface area contributed by atoms with Crippen molar-refractivity contribution in [2.45, 2.75) is 0 Å². The van der Waals surface area contributed by atoms with Crippen LogP contribution in [0.3, 0.4) is 0 Å². The monoisotopic (exact) mass is 602 g/mol. The zero-order valence-electron chi connectivity index (χ0n) is 25.2. The van der Waals surface area contributed by atoms with Gasteiger partial charge in [-0.2, -0.15) is 0 Å². The Morgan fingerprint density at radius 2 is 0.979 bits per heavy atom. The third-order valence-corrected chi connectivity index (χ3v) is 8.59. The molecule has 5 heteroatoms. The molecule has 3 aromatic heterocycles. The number of rotatable bonds is 5. The standard InChI is InChI=1S/C42H26N4O/c1-4-11-27(12-5-1)28-18-20-31(21-19-28)41-44-40(30-15-8-3-9-16-30)45-42(46-41)34-23-22-33(29-13-6-2-7-14-29)39-38(34)35-26-36-32(17-10-24-43-36)25-37(35)47-39/h1-26H. The van der Waals surface area contributed by atoms with Crippen molar-refractivity contribution in [2.24, 2.45) is 0 Å². The zero-order valence-corrected chi connectivity index (χ0v) is 25.2. The molecule has 0 aliphatic carbocycles. The molecule has 220 valence electrons. The third kappa shape index (κ3) is 4.82. The third-order valence-electron chi connectivity index (χ3n) is 8.59. The van der Waals surface area contributed by atoms with E-state index in [1.807, 2.05) is 66.9 Å². The van der Waals surface area contributed by atoms with Crippen molar-refractivity contribution in [2.75, 3.05) is 0 Å².